The fourth-order valence-electron chi connectivity index (χ4n) is 2.04. The zero-order valence-corrected chi connectivity index (χ0v) is 12.1. The van der Waals surface area contributed by atoms with Crippen molar-refractivity contribution in [2.45, 2.75) is 33.2 Å². The third kappa shape index (κ3) is 4.25. The van der Waals surface area contributed by atoms with E-state index in [4.69, 9.17) is 0 Å². The first kappa shape index (κ1) is 14.4. The van der Waals surface area contributed by atoms with Gasteiger partial charge in [-0.25, -0.2) is 0 Å². The molecular weight excluding hydrogens is 230 g/mol. The molecule has 0 saturated heterocycles. The first-order valence-corrected chi connectivity index (χ1v) is 7.66. The van der Waals surface area contributed by atoms with Crippen LogP contribution in [0.1, 0.15) is 36.1 Å². The second kappa shape index (κ2) is 6.92. The molecule has 0 fully saturated rings. The maximum atomic E-state index is 11.8. The fraction of sp³-hybridized carbons (Fsp3) is 0.571. The molecule has 0 aromatic heterocycles. The predicted octanol–water partition coefficient (Wildman–Crippen LogP) is 2.72. The van der Waals surface area contributed by atoms with Crippen molar-refractivity contribution in [1.29, 1.82) is 0 Å². The summed E-state index contributed by atoms with van der Waals surface area (Å²) in [5, 5.41) is 3.27. The second-order valence-corrected chi connectivity index (χ2v) is 6.13. The van der Waals surface area contributed by atoms with E-state index < -0.39 is 10.8 Å². The monoisotopic (exact) mass is 253 g/mol. The Morgan fingerprint density at radius 3 is 2.59 bits per heavy atom. The first-order chi connectivity index (χ1) is 8.08. The lowest BCUT2D eigenvalue weighted by Gasteiger charge is -2.18. The van der Waals surface area contributed by atoms with Crippen LogP contribution in [0, 0.1) is 13.8 Å². The van der Waals surface area contributed by atoms with Gasteiger partial charge in [-0.3, -0.25) is 4.21 Å². The van der Waals surface area contributed by atoms with Gasteiger partial charge in [0.1, 0.15) is 0 Å². The molecule has 2 atom stereocenters. The molecule has 96 valence electrons. The van der Waals surface area contributed by atoms with Crippen molar-refractivity contribution < 1.29 is 4.21 Å². The fourth-order valence-corrected chi connectivity index (χ4v) is 3.38. The van der Waals surface area contributed by atoms with Crippen LogP contribution < -0.4 is 5.32 Å². The molecule has 1 rings (SSSR count). The van der Waals surface area contributed by atoms with Crippen molar-refractivity contribution in [3.8, 4) is 0 Å². The van der Waals surface area contributed by atoms with Crippen molar-refractivity contribution in [2.75, 3.05) is 18.6 Å². The van der Waals surface area contributed by atoms with Gasteiger partial charge in [0.25, 0.3) is 0 Å². The molecule has 17 heavy (non-hydrogen) atoms. The minimum Gasteiger partial charge on any atom is -0.312 e. The van der Waals surface area contributed by atoms with E-state index in [9.17, 15) is 4.21 Å². The molecule has 1 N–H and O–H groups in total. The van der Waals surface area contributed by atoms with Crippen LogP contribution in [0.15, 0.2) is 18.2 Å². The van der Waals surface area contributed by atoms with E-state index in [0.29, 0.717) is 5.75 Å². The van der Waals surface area contributed by atoms with Crippen LogP contribution >= 0.6 is 0 Å². The largest absolute Gasteiger partial charge is 0.312 e. The Morgan fingerprint density at radius 2 is 2.06 bits per heavy atom. The minimum absolute atomic E-state index is 0.197. The summed E-state index contributed by atoms with van der Waals surface area (Å²) in [5.74, 6) is 1.50. The Morgan fingerprint density at radius 1 is 1.35 bits per heavy atom. The Balaban J connectivity index is 2.82. The van der Waals surface area contributed by atoms with Crippen LogP contribution in [0.25, 0.3) is 0 Å². The first-order valence-electron chi connectivity index (χ1n) is 6.17. The Bertz CT molecular complexity index is 390. The number of rotatable bonds is 6. The molecule has 2 unspecified atom stereocenters. The normalized spacial score (nSPS) is 14.6. The third-order valence-corrected chi connectivity index (χ3v) is 4.50. The van der Waals surface area contributed by atoms with E-state index in [1.54, 1.807) is 0 Å². The van der Waals surface area contributed by atoms with Crippen molar-refractivity contribution in [3.63, 3.8) is 0 Å². The van der Waals surface area contributed by atoms with Gasteiger partial charge in [-0.2, -0.15) is 0 Å². The summed E-state index contributed by atoms with van der Waals surface area (Å²) in [6.07, 6.45) is 0.982. The highest BCUT2D eigenvalue weighted by Gasteiger charge is 2.14. The molecule has 0 saturated carbocycles. The van der Waals surface area contributed by atoms with Crippen LogP contribution in [0.3, 0.4) is 0 Å². The van der Waals surface area contributed by atoms with Gasteiger partial charge >= 0.3 is 0 Å². The van der Waals surface area contributed by atoms with Gasteiger partial charge in [0.15, 0.2) is 0 Å². The standard InChI is InChI=1S/C14H23NOS/c1-5-8-17(16)10-14(15-4)13-7-6-11(2)9-12(13)3/h6-7,9,14-15H,5,8,10H2,1-4H3. The predicted molar refractivity (Wildman–Crippen MR) is 75.9 cm³/mol. The van der Waals surface area contributed by atoms with Gasteiger partial charge in [0.2, 0.25) is 0 Å². The summed E-state index contributed by atoms with van der Waals surface area (Å²) in [6, 6.07) is 6.65. The molecule has 0 aliphatic heterocycles. The highest BCUT2D eigenvalue weighted by Crippen LogP contribution is 2.19. The summed E-state index contributed by atoms with van der Waals surface area (Å²) in [5.41, 5.74) is 3.82. The molecule has 0 radical (unpaired) electrons. The minimum atomic E-state index is -0.727. The molecule has 0 aliphatic rings. The Labute approximate surface area is 107 Å². The van der Waals surface area contributed by atoms with E-state index in [-0.39, 0.29) is 6.04 Å². The number of hydrogen-bond donors (Lipinski definition) is 1. The van der Waals surface area contributed by atoms with Crippen molar-refractivity contribution in [3.05, 3.63) is 34.9 Å². The summed E-state index contributed by atoms with van der Waals surface area (Å²) >= 11 is 0. The molecule has 3 heteroatoms. The highest BCUT2D eigenvalue weighted by atomic mass is 32.2. The topological polar surface area (TPSA) is 29.1 Å². The maximum Gasteiger partial charge on any atom is 0.0437 e. The van der Waals surface area contributed by atoms with E-state index in [1.165, 1.54) is 16.7 Å². The zero-order chi connectivity index (χ0) is 12.8. The summed E-state index contributed by atoms with van der Waals surface area (Å²) in [7, 11) is 1.21. The molecule has 2 nitrogen and oxygen atoms in total. The molecule has 0 heterocycles. The number of hydrogen-bond acceptors (Lipinski definition) is 2. The van der Waals surface area contributed by atoms with E-state index in [1.807, 2.05) is 7.05 Å². The van der Waals surface area contributed by atoms with Gasteiger partial charge in [0, 0.05) is 28.3 Å². The van der Waals surface area contributed by atoms with Crippen LogP contribution in [0.5, 0.6) is 0 Å². The molecule has 1 aromatic rings. The SMILES string of the molecule is CCCS(=O)CC(NC)c1ccc(C)cc1C. The smallest absolute Gasteiger partial charge is 0.0437 e. The Hall–Kier alpha value is -0.670. The number of aryl methyl sites for hydroxylation is 2. The molecular formula is C14H23NOS. The lowest BCUT2D eigenvalue weighted by molar-refractivity contribution is 0.632. The van der Waals surface area contributed by atoms with Crippen LogP contribution in [-0.2, 0) is 10.8 Å². The van der Waals surface area contributed by atoms with Gasteiger partial charge in [-0.1, -0.05) is 30.7 Å². The third-order valence-electron chi connectivity index (χ3n) is 2.93. The lowest BCUT2D eigenvalue weighted by atomic mass is 10.0. The summed E-state index contributed by atoms with van der Waals surface area (Å²) < 4.78 is 11.8. The van der Waals surface area contributed by atoms with Crippen LogP contribution in [0.4, 0.5) is 0 Å². The van der Waals surface area contributed by atoms with Crippen molar-refractivity contribution in [1.82, 2.24) is 5.32 Å². The molecule has 1 aromatic carbocycles. The average molecular weight is 253 g/mol. The zero-order valence-electron chi connectivity index (χ0n) is 11.2. The summed E-state index contributed by atoms with van der Waals surface area (Å²) in [6.45, 7) is 6.29. The van der Waals surface area contributed by atoms with Gasteiger partial charge in [0.05, 0.1) is 0 Å². The van der Waals surface area contributed by atoms with Crippen molar-refractivity contribution in [2.24, 2.45) is 0 Å². The van der Waals surface area contributed by atoms with Gasteiger partial charge < -0.3 is 5.32 Å². The average Bonchev–Trinajstić information content (AvgIpc) is 2.27. The number of benzene rings is 1. The summed E-state index contributed by atoms with van der Waals surface area (Å²) in [4.78, 5) is 0. The van der Waals surface area contributed by atoms with E-state index in [2.05, 4.69) is 44.3 Å². The highest BCUT2D eigenvalue weighted by molar-refractivity contribution is 7.85. The quantitative estimate of drug-likeness (QED) is 0.844. The van der Waals surface area contributed by atoms with Crippen LogP contribution in [-0.4, -0.2) is 22.8 Å². The maximum absolute atomic E-state index is 11.8. The van der Waals surface area contributed by atoms with E-state index in [0.717, 1.165) is 12.2 Å². The lowest BCUT2D eigenvalue weighted by Crippen LogP contribution is -2.24. The molecule has 0 aliphatic carbocycles. The van der Waals surface area contributed by atoms with Crippen LogP contribution in [0.2, 0.25) is 0 Å². The number of nitrogens with one attached hydrogen (secondary N) is 1. The second-order valence-electron chi connectivity index (χ2n) is 4.51. The Kier molecular flexibility index (Phi) is 5.86. The molecule has 0 amide bonds. The molecule has 0 spiro atoms. The van der Waals surface area contributed by atoms with Crippen molar-refractivity contribution >= 4 is 10.8 Å². The van der Waals surface area contributed by atoms with Gasteiger partial charge in [-0.15, -0.1) is 0 Å². The van der Waals surface area contributed by atoms with E-state index >= 15 is 0 Å². The molecule has 0 bridgehead atoms. The van der Waals surface area contributed by atoms with Gasteiger partial charge in [-0.05, 0) is 38.4 Å².